The Bertz CT molecular complexity index is 153. The smallest absolute Gasteiger partial charge is 0.347 e. The fourth-order valence-corrected chi connectivity index (χ4v) is 0.769. The van der Waals surface area contributed by atoms with Crippen molar-refractivity contribution < 1.29 is 19.1 Å². The zero-order valence-electron chi connectivity index (χ0n) is 7.57. The Labute approximate surface area is 71.8 Å². The number of carbonyl (C=O) groups is 2. The number of rotatable bonds is 5. The Balaban J connectivity index is 4.08. The first-order chi connectivity index (χ1) is 5.63. The fourth-order valence-electron chi connectivity index (χ4n) is 0.769. The molecular formula is C8H14O4. The van der Waals surface area contributed by atoms with E-state index < -0.39 is 12.1 Å². The second-order valence-corrected chi connectivity index (χ2v) is 2.65. The predicted octanol–water partition coefficient (Wildman–Crippen LogP) is 0.747. The lowest BCUT2D eigenvalue weighted by Crippen LogP contribution is -2.31. The molecule has 0 saturated carbocycles. The van der Waals surface area contributed by atoms with Crippen molar-refractivity contribution in [2.45, 2.75) is 26.9 Å². The molecule has 0 rings (SSSR count). The lowest BCUT2D eigenvalue weighted by molar-refractivity contribution is -0.164. The van der Waals surface area contributed by atoms with Crippen molar-refractivity contribution >= 4 is 12.4 Å². The van der Waals surface area contributed by atoms with Crippen LogP contribution in [0.25, 0.3) is 0 Å². The molecule has 0 aromatic heterocycles. The average molecular weight is 174 g/mol. The molecule has 1 atom stereocenters. The van der Waals surface area contributed by atoms with Crippen molar-refractivity contribution in [2.75, 3.05) is 6.61 Å². The van der Waals surface area contributed by atoms with Crippen LogP contribution < -0.4 is 0 Å². The van der Waals surface area contributed by atoms with Gasteiger partial charge in [-0.3, -0.25) is 4.79 Å². The van der Waals surface area contributed by atoms with Crippen molar-refractivity contribution in [3.05, 3.63) is 0 Å². The van der Waals surface area contributed by atoms with Gasteiger partial charge in [-0.1, -0.05) is 13.8 Å². The molecule has 0 heterocycles. The van der Waals surface area contributed by atoms with E-state index >= 15 is 0 Å². The molecule has 0 aliphatic carbocycles. The number of ether oxygens (including phenoxy) is 2. The van der Waals surface area contributed by atoms with Gasteiger partial charge < -0.3 is 9.47 Å². The third kappa shape index (κ3) is 3.37. The Morgan fingerprint density at radius 1 is 1.50 bits per heavy atom. The minimum Gasteiger partial charge on any atom is -0.463 e. The molecule has 0 amide bonds. The molecule has 4 nitrogen and oxygen atoms in total. The van der Waals surface area contributed by atoms with Crippen LogP contribution in [-0.4, -0.2) is 25.2 Å². The summed E-state index contributed by atoms with van der Waals surface area (Å²) in [7, 11) is 0. The van der Waals surface area contributed by atoms with Crippen LogP contribution in [-0.2, 0) is 19.1 Å². The first kappa shape index (κ1) is 10.9. The number of esters is 1. The van der Waals surface area contributed by atoms with E-state index in [2.05, 4.69) is 4.74 Å². The van der Waals surface area contributed by atoms with Crippen molar-refractivity contribution in [3.63, 3.8) is 0 Å². The average Bonchev–Trinajstić information content (AvgIpc) is 1.99. The Morgan fingerprint density at radius 2 is 2.08 bits per heavy atom. The molecule has 70 valence electrons. The van der Waals surface area contributed by atoms with E-state index in [0.29, 0.717) is 6.61 Å². The maximum Gasteiger partial charge on any atom is 0.347 e. The summed E-state index contributed by atoms with van der Waals surface area (Å²) < 4.78 is 9.26. The van der Waals surface area contributed by atoms with Gasteiger partial charge >= 0.3 is 5.97 Å². The van der Waals surface area contributed by atoms with Gasteiger partial charge in [0.05, 0.1) is 6.61 Å². The molecule has 0 radical (unpaired) electrons. The Morgan fingerprint density at radius 3 is 2.42 bits per heavy atom. The van der Waals surface area contributed by atoms with Gasteiger partial charge in [-0.15, -0.1) is 0 Å². The van der Waals surface area contributed by atoms with Crippen molar-refractivity contribution in [3.8, 4) is 0 Å². The van der Waals surface area contributed by atoms with E-state index in [9.17, 15) is 9.59 Å². The van der Waals surface area contributed by atoms with Crippen LogP contribution in [0.1, 0.15) is 20.8 Å². The molecule has 0 bridgehead atoms. The van der Waals surface area contributed by atoms with Crippen LogP contribution in [0.4, 0.5) is 0 Å². The summed E-state index contributed by atoms with van der Waals surface area (Å²) in [6.07, 6.45) is -0.776. The molecule has 4 heteroatoms. The SMILES string of the molecule is CCOC(=O)C(OC=O)C(C)C. The molecule has 1 unspecified atom stereocenters. The summed E-state index contributed by atoms with van der Waals surface area (Å²) in [4.78, 5) is 21.1. The standard InChI is InChI=1S/C8H14O4/c1-4-11-8(10)7(6(2)3)12-5-9/h5-7H,4H2,1-3H3. The maximum absolute atomic E-state index is 11.1. The minimum atomic E-state index is -0.776. The molecule has 12 heavy (non-hydrogen) atoms. The summed E-state index contributed by atoms with van der Waals surface area (Å²) in [5, 5.41) is 0. The Hall–Kier alpha value is -1.06. The largest absolute Gasteiger partial charge is 0.463 e. The van der Waals surface area contributed by atoms with Gasteiger partial charge in [0.2, 0.25) is 6.10 Å². The molecule has 0 spiro atoms. The van der Waals surface area contributed by atoms with Crippen molar-refractivity contribution in [1.82, 2.24) is 0 Å². The highest BCUT2D eigenvalue weighted by Crippen LogP contribution is 2.07. The predicted molar refractivity (Wildman–Crippen MR) is 42.4 cm³/mol. The summed E-state index contributed by atoms with van der Waals surface area (Å²) in [6.45, 7) is 5.83. The van der Waals surface area contributed by atoms with Gasteiger partial charge in [0.25, 0.3) is 6.47 Å². The van der Waals surface area contributed by atoms with Crippen LogP contribution in [0.2, 0.25) is 0 Å². The topological polar surface area (TPSA) is 52.6 Å². The van der Waals surface area contributed by atoms with Gasteiger partial charge in [0, 0.05) is 5.92 Å². The number of carbonyl (C=O) groups excluding carboxylic acids is 2. The molecule has 0 aliphatic rings. The monoisotopic (exact) mass is 174 g/mol. The van der Waals surface area contributed by atoms with Gasteiger partial charge in [0.1, 0.15) is 0 Å². The molecule has 0 N–H and O–H groups in total. The second-order valence-electron chi connectivity index (χ2n) is 2.65. The Kier molecular flexibility index (Phi) is 5.08. The normalized spacial score (nSPS) is 12.3. The lowest BCUT2D eigenvalue weighted by Gasteiger charge is -2.16. The summed E-state index contributed by atoms with van der Waals surface area (Å²) in [5.41, 5.74) is 0. The maximum atomic E-state index is 11.1. The van der Waals surface area contributed by atoms with Gasteiger partial charge in [-0.25, -0.2) is 4.79 Å². The summed E-state index contributed by atoms with van der Waals surface area (Å²) in [6, 6.07) is 0. The summed E-state index contributed by atoms with van der Waals surface area (Å²) in [5.74, 6) is -0.547. The van der Waals surface area contributed by atoms with Gasteiger partial charge in [-0.2, -0.15) is 0 Å². The van der Waals surface area contributed by atoms with E-state index in [0.717, 1.165) is 0 Å². The first-order valence-corrected chi connectivity index (χ1v) is 3.89. The quantitative estimate of drug-likeness (QED) is 0.456. The molecule has 0 fully saturated rings. The van der Waals surface area contributed by atoms with Gasteiger partial charge in [-0.05, 0) is 6.92 Å². The molecule has 0 aromatic carbocycles. The number of hydrogen-bond acceptors (Lipinski definition) is 4. The van der Waals surface area contributed by atoms with Crippen molar-refractivity contribution in [1.29, 1.82) is 0 Å². The highest BCUT2D eigenvalue weighted by atomic mass is 16.6. The van der Waals surface area contributed by atoms with Crippen LogP contribution >= 0.6 is 0 Å². The van der Waals surface area contributed by atoms with E-state index in [4.69, 9.17) is 4.74 Å². The molecular weight excluding hydrogens is 160 g/mol. The fraction of sp³-hybridized carbons (Fsp3) is 0.750. The summed E-state index contributed by atoms with van der Waals surface area (Å²) >= 11 is 0. The third-order valence-electron chi connectivity index (χ3n) is 1.33. The van der Waals surface area contributed by atoms with Crippen LogP contribution in [0.15, 0.2) is 0 Å². The van der Waals surface area contributed by atoms with Crippen LogP contribution in [0.3, 0.4) is 0 Å². The molecule has 0 saturated heterocycles. The highest BCUT2D eigenvalue weighted by molar-refractivity contribution is 5.76. The molecule has 0 aliphatic heterocycles. The van der Waals surface area contributed by atoms with E-state index in [1.807, 2.05) is 0 Å². The zero-order chi connectivity index (χ0) is 9.56. The lowest BCUT2D eigenvalue weighted by atomic mass is 10.1. The van der Waals surface area contributed by atoms with Crippen LogP contribution in [0.5, 0.6) is 0 Å². The van der Waals surface area contributed by atoms with Crippen molar-refractivity contribution in [2.24, 2.45) is 5.92 Å². The van der Waals surface area contributed by atoms with Gasteiger partial charge in [0.15, 0.2) is 0 Å². The number of hydrogen-bond donors (Lipinski definition) is 0. The molecule has 0 aromatic rings. The second kappa shape index (κ2) is 5.57. The first-order valence-electron chi connectivity index (χ1n) is 3.89. The van der Waals surface area contributed by atoms with Crippen LogP contribution in [0, 0.1) is 5.92 Å². The van der Waals surface area contributed by atoms with E-state index in [1.165, 1.54) is 0 Å². The third-order valence-corrected chi connectivity index (χ3v) is 1.33. The zero-order valence-corrected chi connectivity index (χ0v) is 7.57. The van der Waals surface area contributed by atoms with E-state index in [-0.39, 0.29) is 12.4 Å². The highest BCUT2D eigenvalue weighted by Gasteiger charge is 2.24. The minimum absolute atomic E-state index is 0.0609. The van der Waals surface area contributed by atoms with E-state index in [1.54, 1.807) is 20.8 Å².